The third kappa shape index (κ3) is 6.56. The van der Waals surface area contributed by atoms with Crippen molar-refractivity contribution in [3.8, 4) is 11.5 Å². The topological polar surface area (TPSA) is 83.8 Å². The van der Waals surface area contributed by atoms with Crippen LogP contribution in [0.1, 0.15) is 73.9 Å². The maximum Gasteiger partial charge on any atom is 0.242 e. The van der Waals surface area contributed by atoms with Gasteiger partial charge in [-0.1, -0.05) is 111 Å². The number of ether oxygens (including phenoxy) is 2. The minimum atomic E-state index is -0.260. The summed E-state index contributed by atoms with van der Waals surface area (Å²) in [5.74, 6) is 1.32. The van der Waals surface area contributed by atoms with Crippen LogP contribution in [0.2, 0.25) is 0 Å². The number of carbonyl (C=O) groups excluding carboxylic acids is 2. The molecule has 2 heterocycles. The Morgan fingerprint density at radius 1 is 0.587 bits per heavy atom. The zero-order valence-electron chi connectivity index (χ0n) is 26.2. The summed E-state index contributed by atoms with van der Waals surface area (Å²) >= 11 is 0. The van der Waals surface area contributed by atoms with E-state index in [4.69, 9.17) is 19.7 Å². The summed E-state index contributed by atoms with van der Waals surface area (Å²) in [6.45, 7) is 4.29. The standard InChI is InChI=1S/C38H38N4O4/c1-3-37(43)41-33(25-31(39-41)27-15-7-5-8-16-27)29-19-11-13-21-35(29)45-23-24-46-36-22-14-12-20-30(36)34-26-32(28-17-9-6-10-18-28)40-42(34)38(44)4-2/h5-22,33-34H,3-4,23-26H2,1-2H3. The van der Waals surface area contributed by atoms with Gasteiger partial charge in [0.2, 0.25) is 11.8 Å². The molecule has 6 rings (SSSR count). The van der Waals surface area contributed by atoms with Crippen LogP contribution in [0.25, 0.3) is 0 Å². The van der Waals surface area contributed by atoms with Crippen molar-refractivity contribution in [2.24, 2.45) is 10.2 Å². The Hall–Kier alpha value is -5.24. The van der Waals surface area contributed by atoms with Gasteiger partial charge in [0.1, 0.15) is 24.7 Å². The number of hydrazone groups is 2. The molecule has 0 saturated heterocycles. The Morgan fingerprint density at radius 2 is 0.957 bits per heavy atom. The van der Waals surface area contributed by atoms with E-state index in [1.54, 1.807) is 10.0 Å². The maximum absolute atomic E-state index is 13.0. The molecule has 0 saturated carbocycles. The lowest BCUT2D eigenvalue weighted by Gasteiger charge is -2.24. The second kappa shape index (κ2) is 14.2. The van der Waals surface area contributed by atoms with E-state index in [0.29, 0.717) is 50.4 Å². The Morgan fingerprint density at radius 3 is 1.35 bits per heavy atom. The first-order valence-electron chi connectivity index (χ1n) is 15.9. The molecule has 0 N–H and O–H groups in total. The smallest absolute Gasteiger partial charge is 0.242 e. The van der Waals surface area contributed by atoms with Crippen molar-refractivity contribution in [2.45, 2.75) is 51.6 Å². The van der Waals surface area contributed by atoms with Crippen LogP contribution in [0.5, 0.6) is 11.5 Å². The van der Waals surface area contributed by atoms with Crippen LogP contribution in [-0.2, 0) is 9.59 Å². The number of amides is 2. The number of rotatable bonds is 11. The third-order valence-electron chi connectivity index (χ3n) is 8.31. The first kappa shape index (κ1) is 30.8. The lowest BCUT2D eigenvalue weighted by atomic mass is 9.97. The van der Waals surface area contributed by atoms with Crippen LogP contribution < -0.4 is 9.47 Å². The van der Waals surface area contributed by atoms with E-state index in [1.165, 1.54) is 0 Å². The van der Waals surface area contributed by atoms with Gasteiger partial charge in [-0.15, -0.1) is 0 Å². The molecule has 8 heteroatoms. The summed E-state index contributed by atoms with van der Waals surface area (Å²) < 4.78 is 12.6. The molecule has 46 heavy (non-hydrogen) atoms. The Labute approximate surface area is 270 Å². The first-order valence-corrected chi connectivity index (χ1v) is 15.9. The lowest BCUT2D eigenvalue weighted by molar-refractivity contribution is -0.133. The predicted octanol–water partition coefficient (Wildman–Crippen LogP) is 7.32. The van der Waals surface area contributed by atoms with Crippen molar-refractivity contribution >= 4 is 23.2 Å². The van der Waals surface area contributed by atoms with E-state index in [1.807, 2.05) is 123 Å². The van der Waals surface area contributed by atoms with Crippen LogP contribution in [0.15, 0.2) is 119 Å². The molecule has 8 nitrogen and oxygen atoms in total. The summed E-state index contributed by atoms with van der Waals surface area (Å²) in [5, 5.41) is 12.7. The molecule has 2 atom stereocenters. The molecule has 0 aromatic heterocycles. The van der Waals surface area contributed by atoms with Gasteiger partial charge in [0.25, 0.3) is 0 Å². The van der Waals surface area contributed by atoms with Crippen molar-refractivity contribution < 1.29 is 19.1 Å². The Bertz CT molecular complexity index is 1610. The number of benzene rings is 4. The molecule has 0 fully saturated rings. The normalized spacial score (nSPS) is 17.4. The SMILES string of the molecule is CCC(=O)N1N=C(c2ccccc2)CC1c1ccccc1OCCOc1ccccc1C1CC(c2ccccc2)=NN1C(=O)CC. The lowest BCUT2D eigenvalue weighted by Crippen LogP contribution is -2.27. The van der Waals surface area contributed by atoms with Gasteiger partial charge in [0, 0.05) is 36.8 Å². The van der Waals surface area contributed by atoms with Crippen molar-refractivity contribution in [1.82, 2.24) is 10.0 Å². The largest absolute Gasteiger partial charge is 0.490 e. The molecule has 2 aliphatic heterocycles. The number of carbonyl (C=O) groups is 2. The van der Waals surface area contributed by atoms with Crippen LogP contribution in [0.3, 0.4) is 0 Å². The molecular formula is C38H38N4O4. The quantitative estimate of drug-likeness (QED) is 0.166. The van der Waals surface area contributed by atoms with Gasteiger partial charge >= 0.3 is 0 Å². The highest BCUT2D eigenvalue weighted by Crippen LogP contribution is 2.39. The molecule has 0 bridgehead atoms. The van der Waals surface area contributed by atoms with E-state index in [0.717, 1.165) is 33.7 Å². The summed E-state index contributed by atoms with van der Waals surface area (Å²) in [5.41, 5.74) is 5.58. The van der Waals surface area contributed by atoms with Gasteiger partial charge in [0.15, 0.2) is 0 Å². The van der Waals surface area contributed by atoms with E-state index < -0.39 is 0 Å². The minimum absolute atomic E-state index is 0.0346. The summed E-state index contributed by atoms with van der Waals surface area (Å²) in [4.78, 5) is 25.9. The van der Waals surface area contributed by atoms with E-state index >= 15 is 0 Å². The average Bonchev–Trinajstić information content (AvgIpc) is 3.77. The second-order valence-corrected chi connectivity index (χ2v) is 11.2. The van der Waals surface area contributed by atoms with Crippen LogP contribution in [0, 0.1) is 0 Å². The maximum atomic E-state index is 13.0. The first-order chi connectivity index (χ1) is 22.6. The average molecular weight is 615 g/mol. The molecule has 2 aliphatic rings. The Balaban J connectivity index is 1.15. The fraction of sp³-hybridized carbons (Fsp3) is 0.263. The zero-order chi connectivity index (χ0) is 31.9. The van der Waals surface area contributed by atoms with Crippen LogP contribution >= 0.6 is 0 Å². The van der Waals surface area contributed by atoms with Crippen molar-refractivity contribution in [3.63, 3.8) is 0 Å². The molecule has 2 amide bonds. The van der Waals surface area contributed by atoms with Crippen molar-refractivity contribution in [2.75, 3.05) is 13.2 Å². The molecule has 2 unspecified atom stereocenters. The van der Waals surface area contributed by atoms with Crippen molar-refractivity contribution in [1.29, 1.82) is 0 Å². The molecule has 0 spiro atoms. The van der Waals surface area contributed by atoms with Gasteiger partial charge in [-0.25, -0.2) is 10.0 Å². The molecular weight excluding hydrogens is 576 g/mol. The fourth-order valence-electron chi connectivity index (χ4n) is 5.98. The summed E-state index contributed by atoms with van der Waals surface area (Å²) in [6.07, 6.45) is 1.92. The highest BCUT2D eigenvalue weighted by atomic mass is 16.5. The van der Waals surface area contributed by atoms with Gasteiger partial charge in [-0.05, 0) is 23.3 Å². The predicted molar refractivity (Wildman–Crippen MR) is 179 cm³/mol. The summed E-state index contributed by atoms with van der Waals surface area (Å²) in [7, 11) is 0. The molecule has 0 aliphatic carbocycles. The number of para-hydroxylation sites is 2. The van der Waals surface area contributed by atoms with Gasteiger partial charge in [-0.2, -0.15) is 10.2 Å². The van der Waals surface area contributed by atoms with Crippen LogP contribution in [0.4, 0.5) is 0 Å². The third-order valence-corrected chi connectivity index (χ3v) is 8.31. The minimum Gasteiger partial charge on any atom is -0.490 e. The summed E-state index contributed by atoms with van der Waals surface area (Å²) in [6, 6.07) is 35.0. The molecule has 4 aromatic rings. The molecule has 234 valence electrons. The van der Waals surface area contributed by atoms with Crippen LogP contribution in [-0.4, -0.2) is 46.5 Å². The van der Waals surface area contributed by atoms with Gasteiger partial charge in [-0.3, -0.25) is 9.59 Å². The monoisotopic (exact) mass is 614 g/mol. The fourth-order valence-corrected chi connectivity index (χ4v) is 5.98. The molecule has 0 radical (unpaired) electrons. The second-order valence-electron chi connectivity index (χ2n) is 11.2. The van der Waals surface area contributed by atoms with Gasteiger partial charge < -0.3 is 9.47 Å². The number of hydrogen-bond acceptors (Lipinski definition) is 6. The molecule has 4 aromatic carbocycles. The van der Waals surface area contributed by atoms with Crippen molar-refractivity contribution in [3.05, 3.63) is 131 Å². The highest BCUT2D eigenvalue weighted by Gasteiger charge is 2.35. The highest BCUT2D eigenvalue weighted by molar-refractivity contribution is 6.04. The van der Waals surface area contributed by atoms with E-state index in [9.17, 15) is 9.59 Å². The number of nitrogens with zero attached hydrogens (tertiary/aromatic N) is 4. The van der Waals surface area contributed by atoms with E-state index in [-0.39, 0.29) is 23.9 Å². The van der Waals surface area contributed by atoms with Gasteiger partial charge in [0.05, 0.1) is 23.5 Å². The van der Waals surface area contributed by atoms with E-state index in [2.05, 4.69) is 0 Å². The Kier molecular flexibility index (Phi) is 9.53. The zero-order valence-corrected chi connectivity index (χ0v) is 26.2. The number of hydrogen-bond donors (Lipinski definition) is 0.